The van der Waals surface area contributed by atoms with Crippen LogP contribution in [0.25, 0.3) is 10.8 Å². The van der Waals surface area contributed by atoms with Crippen molar-refractivity contribution < 1.29 is 12.8 Å². The lowest BCUT2D eigenvalue weighted by molar-refractivity contribution is 0.286. The Bertz CT molecular complexity index is 1100. The number of halogens is 2. The highest BCUT2D eigenvalue weighted by Gasteiger charge is 2.34. The van der Waals surface area contributed by atoms with Gasteiger partial charge in [0.2, 0.25) is 15.9 Å². The van der Waals surface area contributed by atoms with E-state index in [9.17, 15) is 8.42 Å². The van der Waals surface area contributed by atoms with Crippen molar-refractivity contribution in [2.24, 2.45) is 0 Å². The molecule has 10 heteroatoms. The Balaban J connectivity index is 1.59. The number of sulfonamides is 1. The van der Waals surface area contributed by atoms with Gasteiger partial charge in [0.15, 0.2) is 0 Å². The van der Waals surface area contributed by atoms with Crippen LogP contribution >= 0.6 is 34.5 Å². The van der Waals surface area contributed by atoms with E-state index in [4.69, 9.17) is 27.6 Å². The molecular weight excluding hydrogens is 441 g/mol. The normalized spacial score (nSPS) is 18.5. The van der Waals surface area contributed by atoms with Gasteiger partial charge in [-0.2, -0.15) is 4.31 Å². The number of thiophene rings is 1. The lowest BCUT2D eigenvalue weighted by Gasteiger charge is -2.30. The minimum absolute atomic E-state index is 0.0709. The van der Waals surface area contributed by atoms with E-state index in [1.165, 1.54) is 27.8 Å². The van der Waals surface area contributed by atoms with Crippen molar-refractivity contribution in [3.05, 3.63) is 51.1 Å². The molecule has 0 aliphatic carbocycles. The fraction of sp³-hybridized carbons (Fsp3) is 0.333. The molecule has 1 unspecified atom stereocenters. The molecule has 0 radical (unpaired) electrons. The van der Waals surface area contributed by atoms with Crippen LogP contribution in [0.1, 0.15) is 30.2 Å². The quantitative estimate of drug-likeness (QED) is 0.551. The number of aromatic nitrogens is 2. The van der Waals surface area contributed by atoms with Gasteiger partial charge < -0.3 is 4.42 Å². The zero-order valence-corrected chi connectivity index (χ0v) is 18.1. The molecule has 0 bridgehead atoms. The molecular formula is C18H17Cl2N3O3S2. The third-order valence-electron chi connectivity index (χ3n) is 4.74. The number of hydrogen-bond acceptors (Lipinski definition) is 6. The van der Waals surface area contributed by atoms with Crippen LogP contribution in [-0.2, 0) is 10.0 Å². The Kier molecular flexibility index (Phi) is 5.50. The van der Waals surface area contributed by atoms with Gasteiger partial charge in [0.1, 0.15) is 4.90 Å². The fourth-order valence-electron chi connectivity index (χ4n) is 3.23. The zero-order valence-electron chi connectivity index (χ0n) is 14.9. The minimum atomic E-state index is -3.75. The third kappa shape index (κ3) is 3.71. The SMILES string of the molecule is Cc1cc(S(=O)(=O)N2CCCC(c3nnc(-c4cccs4)o3)C2)c(Cl)cc1Cl. The molecule has 3 heterocycles. The van der Waals surface area contributed by atoms with Crippen LogP contribution in [0.15, 0.2) is 39.0 Å². The van der Waals surface area contributed by atoms with E-state index < -0.39 is 10.0 Å². The number of hydrogen-bond donors (Lipinski definition) is 0. The molecule has 28 heavy (non-hydrogen) atoms. The topological polar surface area (TPSA) is 76.3 Å². The molecule has 2 aromatic heterocycles. The predicted molar refractivity (Wildman–Crippen MR) is 110 cm³/mol. The first-order valence-corrected chi connectivity index (χ1v) is 11.8. The first-order valence-electron chi connectivity index (χ1n) is 8.69. The Morgan fingerprint density at radius 2 is 2.07 bits per heavy atom. The smallest absolute Gasteiger partial charge is 0.257 e. The van der Waals surface area contributed by atoms with E-state index >= 15 is 0 Å². The van der Waals surface area contributed by atoms with Gasteiger partial charge in [0, 0.05) is 18.1 Å². The van der Waals surface area contributed by atoms with Gasteiger partial charge in [-0.15, -0.1) is 21.5 Å². The summed E-state index contributed by atoms with van der Waals surface area (Å²) in [4.78, 5) is 0.962. The molecule has 148 valence electrons. The summed E-state index contributed by atoms with van der Waals surface area (Å²) in [5.41, 5.74) is 0.663. The number of benzene rings is 1. The molecule has 1 aliphatic rings. The Morgan fingerprint density at radius 1 is 1.25 bits per heavy atom. The largest absolute Gasteiger partial charge is 0.420 e. The van der Waals surface area contributed by atoms with E-state index in [2.05, 4.69) is 10.2 Å². The van der Waals surface area contributed by atoms with Gasteiger partial charge in [-0.1, -0.05) is 29.3 Å². The lowest BCUT2D eigenvalue weighted by atomic mass is 10.00. The highest BCUT2D eigenvalue weighted by Crippen LogP contribution is 2.35. The summed E-state index contributed by atoms with van der Waals surface area (Å²) in [5, 5.41) is 10.8. The summed E-state index contributed by atoms with van der Waals surface area (Å²) in [7, 11) is -3.75. The number of rotatable bonds is 4. The van der Waals surface area contributed by atoms with E-state index in [-0.39, 0.29) is 22.4 Å². The van der Waals surface area contributed by atoms with Crippen LogP contribution < -0.4 is 0 Å². The maximum absolute atomic E-state index is 13.2. The average molecular weight is 458 g/mol. The van der Waals surface area contributed by atoms with E-state index in [0.717, 1.165) is 11.3 Å². The summed E-state index contributed by atoms with van der Waals surface area (Å²) in [6.07, 6.45) is 1.48. The molecule has 4 rings (SSSR count). The number of piperidine rings is 1. The third-order valence-corrected chi connectivity index (χ3v) is 8.33. The second-order valence-electron chi connectivity index (χ2n) is 6.66. The Hall–Kier alpha value is -1.45. The van der Waals surface area contributed by atoms with Crippen LogP contribution in [0, 0.1) is 6.92 Å². The molecule has 0 spiro atoms. The van der Waals surface area contributed by atoms with Gasteiger partial charge in [-0.3, -0.25) is 0 Å². The van der Waals surface area contributed by atoms with E-state index in [1.807, 2.05) is 17.5 Å². The molecule has 1 aliphatic heterocycles. The summed E-state index contributed by atoms with van der Waals surface area (Å²) in [6, 6.07) is 6.81. The number of aryl methyl sites for hydroxylation is 1. The molecule has 0 amide bonds. The number of nitrogens with zero attached hydrogens (tertiary/aromatic N) is 3. The van der Waals surface area contributed by atoms with Crippen molar-refractivity contribution in [3.63, 3.8) is 0 Å². The molecule has 0 N–H and O–H groups in total. The van der Waals surface area contributed by atoms with Crippen molar-refractivity contribution >= 4 is 44.6 Å². The van der Waals surface area contributed by atoms with Crippen molar-refractivity contribution in [3.8, 4) is 10.8 Å². The van der Waals surface area contributed by atoms with Crippen LogP contribution in [0.5, 0.6) is 0 Å². The molecule has 1 saturated heterocycles. The van der Waals surface area contributed by atoms with E-state index in [1.54, 1.807) is 6.92 Å². The van der Waals surface area contributed by atoms with Crippen molar-refractivity contribution in [1.82, 2.24) is 14.5 Å². The van der Waals surface area contributed by atoms with Gasteiger partial charge in [0.25, 0.3) is 5.89 Å². The molecule has 6 nitrogen and oxygen atoms in total. The Labute approximate surface area is 177 Å². The van der Waals surface area contributed by atoms with Gasteiger partial charge in [-0.25, -0.2) is 8.42 Å². The van der Waals surface area contributed by atoms with Crippen molar-refractivity contribution in [2.75, 3.05) is 13.1 Å². The first kappa shape index (κ1) is 19.8. The minimum Gasteiger partial charge on any atom is -0.420 e. The van der Waals surface area contributed by atoms with Crippen molar-refractivity contribution in [1.29, 1.82) is 0 Å². The van der Waals surface area contributed by atoms with Crippen molar-refractivity contribution in [2.45, 2.75) is 30.6 Å². The summed E-state index contributed by atoms with van der Waals surface area (Å²) in [6.45, 7) is 2.44. The molecule has 1 atom stereocenters. The highest BCUT2D eigenvalue weighted by molar-refractivity contribution is 7.89. The first-order chi connectivity index (χ1) is 13.4. The Morgan fingerprint density at radius 3 is 2.82 bits per heavy atom. The van der Waals surface area contributed by atoms with Gasteiger partial charge >= 0.3 is 0 Å². The summed E-state index contributed by atoms with van der Waals surface area (Å²) in [5.74, 6) is 0.764. The van der Waals surface area contributed by atoms with Gasteiger partial charge in [0.05, 0.1) is 15.8 Å². The summed E-state index contributed by atoms with van der Waals surface area (Å²) >= 11 is 13.8. The maximum atomic E-state index is 13.2. The maximum Gasteiger partial charge on any atom is 0.257 e. The molecule has 3 aromatic rings. The second-order valence-corrected chi connectivity index (χ2v) is 10.3. The predicted octanol–water partition coefficient (Wildman–Crippen LogP) is 4.98. The standard InChI is InChI=1S/C18H17Cl2N3O3S2/c1-11-8-16(14(20)9-13(11)19)28(24,25)23-6-2-4-12(10-23)17-21-22-18(26-17)15-5-3-7-27-15/h3,5,7-9,12H,2,4,6,10H2,1H3. The van der Waals surface area contributed by atoms with Crippen LogP contribution in [0.4, 0.5) is 0 Å². The monoisotopic (exact) mass is 457 g/mol. The van der Waals surface area contributed by atoms with Crippen LogP contribution in [-0.4, -0.2) is 36.0 Å². The van der Waals surface area contributed by atoms with Gasteiger partial charge in [-0.05, 0) is 48.9 Å². The summed E-state index contributed by atoms with van der Waals surface area (Å²) < 4.78 is 33.6. The molecule has 1 aromatic carbocycles. The molecule has 0 saturated carbocycles. The average Bonchev–Trinajstić information content (AvgIpc) is 3.36. The highest BCUT2D eigenvalue weighted by atomic mass is 35.5. The lowest BCUT2D eigenvalue weighted by Crippen LogP contribution is -2.39. The van der Waals surface area contributed by atoms with Crippen LogP contribution in [0.2, 0.25) is 10.0 Å². The second kappa shape index (κ2) is 7.76. The zero-order chi connectivity index (χ0) is 19.9. The fourth-order valence-corrected chi connectivity index (χ4v) is 6.20. The van der Waals surface area contributed by atoms with Crippen LogP contribution in [0.3, 0.4) is 0 Å². The molecule has 1 fully saturated rings. The van der Waals surface area contributed by atoms with E-state index in [0.29, 0.717) is 35.3 Å².